The second kappa shape index (κ2) is 4.65. The van der Waals surface area contributed by atoms with E-state index in [4.69, 9.17) is 4.52 Å². The molecule has 0 aromatic carbocycles. The molecule has 1 aromatic rings. The SMILES string of the molecule is CCC(C)(CO)NC(=O)c1c(C)noc1C. The highest BCUT2D eigenvalue weighted by Gasteiger charge is 2.26. The van der Waals surface area contributed by atoms with Crippen LogP contribution in [0.25, 0.3) is 0 Å². The molecule has 0 aliphatic carbocycles. The van der Waals surface area contributed by atoms with Crippen LogP contribution < -0.4 is 5.32 Å². The maximum atomic E-state index is 12.0. The molecule has 16 heavy (non-hydrogen) atoms. The Labute approximate surface area is 94.8 Å². The van der Waals surface area contributed by atoms with Gasteiger partial charge in [-0.2, -0.15) is 0 Å². The molecule has 1 amide bonds. The van der Waals surface area contributed by atoms with Gasteiger partial charge in [0.2, 0.25) is 0 Å². The Bertz CT molecular complexity index is 361. The summed E-state index contributed by atoms with van der Waals surface area (Å²) < 4.78 is 4.92. The number of carbonyl (C=O) groups excluding carboxylic acids is 1. The molecule has 1 heterocycles. The van der Waals surface area contributed by atoms with Crippen LogP contribution in [0.5, 0.6) is 0 Å². The number of aromatic nitrogens is 1. The number of aliphatic hydroxyl groups excluding tert-OH is 1. The van der Waals surface area contributed by atoms with Gasteiger partial charge in [-0.3, -0.25) is 4.79 Å². The maximum Gasteiger partial charge on any atom is 0.257 e. The highest BCUT2D eigenvalue weighted by atomic mass is 16.5. The largest absolute Gasteiger partial charge is 0.394 e. The Morgan fingerprint density at radius 3 is 2.56 bits per heavy atom. The number of amides is 1. The van der Waals surface area contributed by atoms with Crippen molar-refractivity contribution in [3.05, 3.63) is 17.0 Å². The van der Waals surface area contributed by atoms with Gasteiger partial charge >= 0.3 is 0 Å². The molecular formula is C11H18N2O3. The molecule has 0 spiro atoms. The van der Waals surface area contributed by atoms with Crippen LogP contribution in [0.3, 0.4) is 0 Å². The molecule has 5 heteroatoms. The van der Waals surface area contributed by atoms with Crippen LogP contribution in [0.2, 0.25) is 0 Å². The predicted molar refractivity (Wildman–Crippen MR) is 59.2 cm³/mol. The van der Waals surface area contributed by atoms with Crippen molar-refractivity contribution >= 4 is 5.91 Å². The molecule has 0 bridgehead atoms. The average Bonchev–Trinajstić information content (AvgIpc) is 2.58. The molecule has 0 aliphatic heterocycles. The lowest BCUT2D eigenvalue weighted by molar-refractivity contribution is 0.0845. The van der Waals surface area contributed by atoms with Gasteiger partial charge in [-0.1, -0.05) is 12.1 Å². The first-order valence-electron chi connectivity index (χ1n) is 5.29. The van der Waals surface area contributed by atoms with E-state index >= 15 is 0 Å². The second-order valence-electron chi connectivity index (χ2n) is 4.23. The van der Waals surface area contributed by atoms with Gasteiger partial charge in [0.15, 0.2) is 0 Å². The fourth-order valence-electron chi connectivity index (χ4n) is 1.38. The minimum Gasteiger partial charge on any atom is -0.394 e. The van der Waals surface area contributed by atoms with E-state index in [1.807, 2.05) is 6.92 Å². The molecule has 1 unspecified atom stereocenters. The van der Waals surface area contributed by atoms with Crippen molar-refractivity contribution < 1.29 is 14.4 Å². The Morgan fingerprint density at radius 1 is 1.56 bits per heavy atom. The van der Waals surface area contributed by atoms with Crippen molar-refractivity contribution in [1.29, 1.82) is 0 Å². The zero-order chi connectivity index (χ0) is 12.3. The predicted octanol–water partition coefficient (Wildman–Crippen LogP) is 1.18. The molecule has 0 saturated heterocycles. The Balaban J connectivity index is 2.88. The van der Waals surface area contributed by atoms with Crippen LogP contribution in [-0.4, -0.2) is 28.3 Å². The van der Waals surface area contributed by atoms with Crippen molar-refractivity contribution in [1.82, 2.24) is 10.5 Å². The zero-order valence-electron chi connectivity index (χ0n) is 10.1. The average molecular weight is 226 g/mol. The minimum atomic E-state index is -0.604. The highest BCUT2D eigenvalue weighted by molar-refractivity contribution is 5.96. The van der Waals surface area contributed by atoms with Gasteiger partial charge in [0, 0.05) is 0 Å². The van der Waals surface area contributed by atoms with Gasteiger partial charge in [-0.15, -0.1) is 0 Å². The molecule has 0 aliphatic rings. The maximum absolute atomic E-state index is 12.0. The molecule has 0 fully saturated rings. The molecule has 1 aromatic heterocycles. The van der Waals surface area contributed by atoms with E-state index in [1.165, 1.54) is 0 Å². The van der Waals surface area contributed by atoms with Crippen LogP contribution in [0.4, 0.5) is 0 Å². The Morgan fingerprint density at radius 2 is 2.19 bits per heavy atom. The Kier molecular flexibility index (Phi) is 3.70. The van der Waals surface area contributed by atoms with Gasteiger partial charge in [0.1, 0.15) is 11.3 Å². The number of nitrogens with zero attached hydrogens (tertiary/aromatic N) is 1. The van der Waals surface area contributed by atoms with E-state index in [2.05, 4.69) is 10.5 Å². The number of rotatable bonds is 4. The summed E-state index contributed by atoms with van der Waals surface area (Å²) >= 11 is 0. The number of carbonyl (C=O) groups is 1. The molecule has 90 valence electrons. The lowest BCUT2D eigenvalue weighted by Crippen LogP contribution is -2.48. The van der Waals surface area contributed by atoms with Gasteiger partial charge in [-0.05, 0) is 27.2 Å². The molecule has 0 radical (unpaired) electrons. The fourth-order valence-corrected chi connectivity index (χ4v) is 1.38. The summed E-state index contributed by atoms with van der Waals surface area (Å²) in [5, 5.41) is 15.7. The van der Waals surface area contributed by atoms with Gasteiger partial charge in [0.25, 0.3) is 5.91 Å². The van der Waals surface area contributed by atoms with Crippen molar-refractivity contribution in [3.8, 4) is 0 Å². The van der Waals surface area contributed by atoms with Crippen LogP contribution >= 0.6 is 0 Å². The summed E-state index contributed by atoms with van der Waals surface area (Å²) in [7, 11) is 0. The summed E-state index contributed by atoms with van der Waals surface area (Å²) in [4.78, 5) is 12.0. The zero-order valence-corrected chi connectivity index (χ0v) is 10.1. The minimum absolute atomic E-state index is 0.0986. The summed E-state index contributed by atoms with van der Waals surface area (Å²) in [6.07, 6.45) is 0.651. The number of aryl methyl sites for hydroxylation is 2. The van der Waals surface area contributed by atoms with E-state index in [0.29, 0.717) is 23.4 Å². The van der Waals surface area contributed by atoms with Crippen molar-refractivity contribution in [2.24, 2.45) is 0 Å². The third-order valence-electron chi connectivity index (χ3n) is 2.81. The third kappa shape index (κ3) is 2.41. The molecule has 1 atom stereocenters. The standard InChI is InChI=1S/C11H18N2O3/c1-5-11(4,6-14)12-10(15)9-7(2)13-16-8(9)3/h14H,5-6H2,1-4H3,(H,12,15). The molecule has 2 N–H and O–H groups in total. The van der Waals surface area contributed by atoms with Crippen molar-refractivity contribution in [2.75, 3.05) is 6.61 Å². The smallest absolute Gasteiger partial charge is 0.257 e. The Hall–Kier alpha value is -1.36. The number of nitrogens with one attached hydrogen (secondary N) is 1. The van der Waals surface area contributed by atoms with Crippen molar-refractivity contribution in [3.63, 3.8) is 0 Å². The monoisotopic (exact) mass is 226 g/mol. The van der Waals surface area contributed by atoms with Gasteiger partial charge in [0.05, 0.1) is 17.8 Å². The number of aliphatic hydroxyl groups is 1. The summed E-state index contributed by atoms with van der Waals surface area (Å²) in [5.41, 5.74) is 0.410. The molecular weight excluding hydrogens is 208 g/mol. The fraction of sp³-hybridized carbons (Fsp3) is 0.636. The van der Waals surface area contributed by atoms with Crippen molar-refractivity contribution in [2.45, 2.75) is 39.7 Å². The lowest BCUT2D eigenvalue weighted by Gasteiger charge is -2.27. The summed E-state index contributed by atoms with van der Waals surface area (Å²) in [6, 6.07) is 0. The van der Waals surface area contributed by atoms with Crippen LogP contribution in [0.1, 0.15) is 42.1 Å². The normalized spacial score (nSPS) is 14.6. The van der Waals surface area contributed by atoms with E-state index in [9.17, 15) is 9.90 Å². The van der Waals surface area contributed by atoms with E-state index in [0.717, 1.165) is 0 Å². The number of hydrogen-bond donors (Lipinski definition) is 2. The van der Waals surface area contributed by atoms with Crippen LogP contribution in [-0.2, 0) is 0 Å². The van der Waals surface area contributed by atoms with E-state index in [1.54, 1.807) is 20.8 Å². The van der Waals surface area contributed by atoms with E-state index < -0.39 is 5.54 Å². The quantitative estimate of drug-likeness (QED) is 0.808. The van der Waals surface area contributed by atoms with Crippen LogP contribution in [0, 0.1) is 13.8 Å². The second-order valence-corrected chi connectivity index (χ2v) is 4.23. The van der Waals surface area contributed by atoms with E-state index in [-0.39, 0.29) is 12.5 Å². The summed E-state index contributed by atoms with van der Waals surface area (Å²) in [6.45, 7) is 7.01. The lowest BCUT2D eigenvalue weighted by atomic mass is 9.99. The highest BCUT2D eigenvalue weighted by Crippen LogP contribution is 2.15. The molecule has 1 rings (SSSR count). The van der Waals surface area contributed by atoms with Gasteiger partial charge < -0.3 is 14.9 Å². The first-order chi connectivity index (χ1) is 7.43. The third-order valence-corrected chi connectivity index (χ3v) is 2.81. The molecule has 5 nitrogen and oxygen atoms in total. The van der Waals surface area contributed by atoms with Gasteiger partial charge in [-0.25, -0.2) is 0 Å². The first kappa shape index (κ1) is 12.7. The molecule has 0 saturated carbocycles. The van der Waals surface area contributed by atoms with Crippen LogP contribution in [0.15, 0.2) is 4.52 Å². The number of hydrogen-bond acceptors (Lipinski definition) is 4. The first-order valence-corrected chi connectivity index (χ1v) is 5.29. The topological polar surface area (TPSA) is 75.4 Å². The summed E-state index contributed by atoms with van der Waals surface area (Å²) in [5.74, 6) is 0.237.